The molecule has 1 N–H and O–H groups in total. The maximum absolute atomic E-state index is 4.39. The summed E-state index contributed by atoms with van der Waals surface area (Å²) in [5, 5.41) is 3.34. The van der Waals surface area contributed by atoms with Crippen LogP contribution in [-0.2, 0) is 6.42 Å². The topological polar surface area (TPSA) is 24.9 Å². The summed E-state index contributed by atoms with van der Waals surface area (Å²) >= 11 is 3.39. The first-order chi connectivity index (χ1) is 7.11. The fourth-order valence-corrected chi connectivity index (χ4v) is 1.89. The maximum atomic E-state index is 4.39. The van der Waals surface area contributed by atoms with Gasteiger partial charge in [-0.15, -0.1) is 0 Å². The molecule has 0 fully saturated rings. The molecular formula is C12H19BrN2. The zero-order valence-corrected chi connectivity index (χ0v) is 11.2. The van der Waals surface area contributed by atoms with E-state index in [4.69, 9.17) is 0 Å². The number of likely N-dealkylation sites (N-methyl/N-ethyl adjacent to an activating group) is 1. The lowest BCUT2D eigenvalue weighted by Gasteiger charge is -2.17. The highest BCUT2D eigenvalue weighted by Gasteiger charge is 2.09. The van der Waals surface area contributed by atoms with Crippen LogP contribution in [0.1, 0.15) is 26.0 Å². The molecule has 0 saturated heterocycles. The average Bonchev–Trinajstić information content (AvgIpc) is 2.19. The molecule has 1 rings (SSSR count). The zero-order chi connectivity index (χ0) is 11.3. The summed E-state index contributed by atoms with van der Waals surface area (Å²) in [5.41, 5.74) is 1.15. The Balaban J connectivity index is 2.54. The number of pyridine rings is 1. The predicted molar refractivity (Wildman–Crippen MR) is 67.9 cm³/mol. The molecule has 1 aromatic heterocycles. The van der Waals surface area contributed by atoms with Crippen LogP contribution in [0, 0.1) is 5.92 Å². The summed E-state index contributed by atoms with van der Waals surface area (Å²) in [6.07, 6.45) is 4.05. The fraction of sp³-hybridized carbons (Fsp3) is 0.583. The molecule has 84 valence electrons. The highest BCUT2D eigenvalue weighted by Crippen LogP contribution is 2.12. The van der Waals surface area contributed by atoms with Gasteiger partial charge in [0.15, 0.2) is 0 Å². The second kappa shape index (κ2) is 6.23. The van der Waals surface area contributed by atoms with E-state index >= 15 is 0 Å². The van der Waals surface area contributed by atoms with Crippen molar-refractivity contribution in [2.24, 2.45) is 5.92 Å². The van der Waals surface area contributed by atoms with E-state index in [1.807, 2.05) is 19.3 Å². The number of nitrogens with one attached hydrogen (secondary N) is 1. The molecule has 0 aliphatic heterocycles. The summed E-state index contributed by atoms with van der Waals surface area (Å²) in [5.74, 6) is 0.720. The molecule has 2 nitrogen and oxygen atoms in total. The van der Waals surface area contributed by atoms with Crippen molar-refractivity contribution in [1.82, 2.24) is 10.3 Å². The van der Waals surface area contributed by atoms with Crippen LogP contribution < -0.4 is 5.32 Å². The molecule has 1 atom stereocenters. The SMILES string of the molecule is CNC(Cc1ccc(Br)cn1)CC(C)C. The Morgan fingerprint density at radius 3 is 2.60 bits per heavy atom. The van der Waals surface area contributed by atoms with Crippen LogP contribution in [0.5, 0.6) is 0 Å². The normalized spacial score (nSPS) is 13.1. The van der Waals surface area contributed by atoms with Gasteiger partial charge in [-0.1, -0.05) is 13.8 Å². The van der Waals surface area contributed by atoms with Gasteiger partial charge in [-0.3, -0.25) is 4.98 Å². The van der Waals surface area contributed by atoms with Crippen LogP contribution in [0.25, 0.3) is 0 Å². The number of nitrogens with zero attached hydrogens (tertiary/aromatic N) is 1. The van der Waals surface area contributed by atoms with Gasteiger partial charge >= 0.3 is 0 Å². The van der Waals surface area contributed by atoms with E-state index in [1.165, 1.54) is 6.42 Å². The molecule has 0 aliphatic carbocycles. The molecule has 0 radical (unpaired) electrons. The van der Waals surface area contributed by atoms with Crippen LogP contribution in [0.4, 0.5) is 0 Å². The molecule has 15 heavy (non-hydrogen) atoms. The van der Waals surface area contributed by atoms with Gasteiger partial charge in [0.25, 0.3) is 0 Å². The molecule has 1 unspecified atom stereocenters. The van der Waals surface area contributed by atoms with Crippen molar-refractivity contribution in [3.05, 3.63) is 28.5 Å². The van der Waals surface area contributed by atoms with Gasteiger partial charge in [-0.05, 0) is 47.4 Å². The Kier molecular flexibility index (Phi) is 5.26. The third-order valence-electron chi connectivity index (χ3n) is 2.41. The van der Waals surface area contributed by atoms with E-state index in [9.17, 15) is 0 Å². The van der Waals surface area contributed by atoms with Crippen LogP contribution in [0.2, 0.25) is 0 Å². The minimum absolute atomic E-state index is 0.527. The molecule has 1 aromatic rings. The highest BCUT2D eigenvalue weighted by atomic mass is 79.9. The van der Waals surface area contributed by atoms with Crippen LogP contribution in [0.15, 0.2) is 22.8 Å². The Bertz CT molecular complexity index is 282. The molecule has 3 heteroatoms. The van der Waals surface area contributed by atoms with Crippen molar-refractivity contribution in [2.75, 3.05) is 7.05 Å². The van der Waals surface area contributed by atoms with Crippen molar-refractivity contribution in [2.45, 2.75) is 32.7 Å². The largest absolute Gasteiger partial charge is 0.317 e. The number of aromatic nitrogens is 1. The standard InChI is InChI=1S/C12H19BrN2/c1-9(2)6-12(14-3)7-11-5-4-10(13)8-15-11/h4-5,8-9,12,14H,6-7H2,1-3H3. The van der Waals surface area contributed by atoms with Crippen molar-refractivity contribution in [1.29, 1.82) is 0 Å². The molecule has 0 amide bonds. The van der Waals surface area contributed by atoms with E-state index in [2.05, 4.69) is 46.1 Å². The minimum atomic E-state index is 0.527. The second-order valence-electron chi connectivity index (χ2n) is 4.29. The van der Waals surface area contributed by atoms with Crippen LogP contribution in [0.3, 0.4) is 0 Å². The minimum Gasteiger partial charge on any atom is -0.317 e. The third-order valence-corrected chi connectivity index (χ3v) is 2.88. The van der Waals surface area contributed by atoms with E-state index < -0.39 is 0 Å². The molecule has 1 heterocycles. The Morgan fingerprint density at radius 1 is 1.40 bits per heavy atom. The van der Waals surface area contributed by atoms with E-state index in [-0.39, 0.29) is 0 Å². The van der Waals surface area contributed by atoms with E-state index in [0.29, 0.717) is 6.04 Å². The zero-order valence-electron chi connectivity index (χ0n) is 9.63. The summed E-state index contributed by atoms with van der Waals surface area (Å²) < 4.78 is 1.04. The molecular weight excluding hydrogens is 252 g/mol. The molecule has 0 bridgehead atoms. The smallest absolute Gasteiger partial charge is 0.0419 e. The Morgan fingerprint density at radius 2 is 2.13 bits per heavy atom. The number of rotatable bonds is 5. The van der Waals surface area contributed by atoms with Crippen molar-refractivity contribution < 1.29 is 0 Å². The lowest BCUT2D eigenvalue weighted by molar-refractivity contribution is 0.438. The monoisotopic (exact) mass is 270 g/mol. The summed E-state index contributed by atoms with van der Waals surface area (Å²) in [6.45, 7) is 4.50. The van der Waals surface area contributed by atoms with Gasteiger partial charge in [-0.2, -0.15) is 0 Å². The second-order valence-corrected chi connectivity index (χ2v) is 5.20. The molecule has 0 aliphatic rings. The van der Waals surface area contributed by atoms with Crippen LogP contribution >= 0.6 is 15.9 Å². The molecule has 0 saturated carbocycles. The number of halogens is 1. The van der Waals surface area contributed by atoms with E-state index in [1.54, 1.807) is 0 Å². The summed E-state index contributed by atoms with van der Waals surface area (Å²) in [4.78, 5) is 4.39. The number of hydrogen-bond acceptors (Lipinski definition) is 2. The highest BCUT2D eigenvalue weighted by molar-refractivity contribution is 9.10. The quantitative estimate of drug-likeness (QED) is 0.890. The third kappa shape index (κ3) is 4.76. The van der Waals surface area contributed by atoms with Gasteiger partial charge in [-0.25, -0.2) is 0 Å². The number of hydrogen-bond donors (Lipinski definition) is 1. The molecule has 0 aromatic carbocycles. The van der Waals surface area contributed by atoms with Gasteiger partial charge in [0.05, 0.1) is 0 Å². The lowest BCUT2D eigenvalue weighted by Crippen LogP contribution is -2.29. The van der Waals surface area contributed by atoms with Crippen LogP contribution in [-0.4, -0.2) is 18.1 Å². The predicted octanol–water partition coefficient (Wildman–Crippen LogP) is 3.02. The van der Waals surface area contributed by atoms with Crippen molar-refractivity contribution >= 4 is 15.9 Å². The van der Waals surface area contributed by atoms with Gasteiger partial charge in [0.2, 0.25) is 0 Å². The first-order valence-corrected chi connectivity index (χ1v) is 6.18. The van der Waals surface area contributed by atoms with Gasteiger partial charge in [0.1, 0.15) is 0 Å². The summed E-state index contributed by atoms with van der Waals surface area (Å²) in [6, 6.07) is 4.65. The first kappa shape index (κ1) is 12.7. The lowest BCUT2D eigenvalue weighted by atomic mass is 10.00. The van der Waals surface area contributed by atoms with E-state index in [0.717, 1.165) is 22.5 Å². The van der Waals surface area contributed by atoms with Crippen molar-refractivity contribution in [3.63, 3.8) is 0 Å². The average molecular weight is 271 g/mol. The first-order valence-electron chi connectivity index (χ1n) is 5.39. The maximum Gasteiger partial charge on any atom is 0.0419 e. The fourth-order valence-electron chi connectivity index (χ4n) is 1.65. The van der Waals surface area contributed by atoms with Gasteiger partial charge < -0.3 is 5.32 Å². The van der Waals surface area contributed by atoms with Gasteiger partial charge in [0, 0.05) is 28.8 Å². The molecule has 0 spiro atoms. The summed E-state index contributed by atoms with van der Waals surface area (Å²) in [7, 11) is 2.02. The van der Waals surface area contributed by atoms with Crippen molar-refractivity contribution in [3.8, 4) is 0 Å². The Hall–Kier alpha value is -0.410. The Labute approximate surface area is 101 Å².